The van der Waals surface area contributed by atoms with Crippen molar-refractivity contribution in [2.75, 3.05) is 0 Å². The number of aromatic nitrogens is 3. The first kappa shape index (κ1) is 21.2. The number of rotatable bonds is 6. The van der Waals surface area contributed by atoms with Gasteiger partial charge in [0.25, 0.3) is 0 Å². The van der Waals surface area contributed by atoms with Crippen molar-refractivity contribution in [3.8, 4) is 17.1 Å². The van der Waals surface area contributed by atoms with E-state index in [1.807, 2.05) is 18.2 Å². The van der Waals surface area contributed by atoms with Gasteiger partial charge in [-0.2, -0.15) is 0 Å². The first-order valence-electron chi connectivity index (χ1n) is 11.1. The van der Waals surface area contributed by atoms with Gasteiger partial charge in [-0.25, -0.2) is 0 Å². The first-order chi connectivity index (χ1) is 16.2. The van der Waals surface area contributed by atoms with Crippen LogP contribution in [0.4, 0.5) is 0 Å². The highest BCUT2D eigenvalue weighted by atomic mass is 32.2. The third-order valence-electron chi connectivity index (χ3n) is 5.84. The standard InChI is InChI=1S/C29H25N3S/c1-21-18-19-26(20-22(21)2)32-28(25-16-10-5-11-17-25)30-31-29(32)33-27(23-12-6-3-7-13-23)24-14-8-4-9-15-24/h3-20,27H,1-2H3. The van der Waals surface area contributed by atoms with E-state index < -0.39 is 0 Å². The maximum atomic E-state index is 4.69. The highest BCUT2D eigenvalue weighted by Crippen LogP contribution is 2.41. The number of benzene rings is 4. The first-order valence-corrected chi connectivity index (χ1v) is 11.9. The Bertz CT molecular complexity index is 1310. The predicted molar refractivity (Wildman–Crippen MR) is 137 cm³/mol. The van der Waals surface area contributed by atoms with Crippen LogP contribution in [0.5, 0.6) is 0 Å². The van der Waals surface area contributed by atoms with Crippen LogP contribution in [0.2, 0.25) is 0 Å². The molecular formula is C29H25N3S. The van der Waals surface area contributed by atoms with Gasteiger partial charge in [0, 0.05) is 5.56 Å². The van der Waals surface area contributed by atoms with Gasteiger partial charge in [-0.3, -0.25) is 4.57 Å². The lowest BCUT2D eigenvalue weighted by atomic mass is 10.0. The summed E-state index contributed by atoms with van der Waals surface area (Å²) < 4.78 is 2.19. The molecule has 0 radical (unpaired) electrons. The maximum Gasteiger partial charge on any atom is 0.197 e. The molecule has 1 heterocycles. The molecule has 4 heteroatoms. The van der Waals surface area contributed by atoms with Crippen LogP contribution in [-0.2, 0) is 0 Å². The second kappa shape index (κ2) is 9.47. The molecule has 0 spiro atoms. The molecule has 0 aliphatic carbocycles. The summed E-state index contributed by atoms with van der Waals surface area (Å²) >= 11 is 1.73. The SMILES string of the molecule is Cc1ccc(-n2c(SC(c3ccccc3)c3ccccc3)nnc2-c2ccccc2)cc1C. The highest BCUT2D eigenvalue weighted by molar-refractivity contribution is 7.99. The number of hydrogen-bond donors (Lipinski definition) is 0. The fourth-order valence-electron chi connectivity index (χ4n) is 3.91. The van der Waals surface area contributed by atoms with E-state index >= 15 is 0 Å². The minimum atomic E-state index is 0.102. The molecule has 0 amide bonds. The van der Waals surface area contributed by atoms with Crippen molar-refractivity contribution in [1.29, 1.82) is 0 Å². The van der Waals surface area contributed by atoms with Crippen molar-refractivity contribution in [2.45, 2.75) is 24.3 Å². The van der Waals surface area contributed by atoms with Gasteiger partial charge < -0.3 is 0 Å². The summed E-state index contributed by atoms with van der Waals surface area (Å²) in [6, 6.07) is 38.0. The maximum absolute atomic E-state index is 4.69. The summed E-state index contributed by atoms with van der Waals surface area (Å²) in [5, 5.41) is 10.3. The molecule has 5 aromatic rings. The van der Waals surface area contributed by atoms with Gasteiger partial charge in [0.1, 0.15) is 0 Å². The molecule has 3 nitrogen and oxygen atoms in total. The van der Waals surface area contributed by atoms with E-state index in [2.05, 4.69) is 120 Å². The summed E-state index contributed by atoms with van der Waals surface area (Å²) in [6.45, 7) is 4.29. The summed E-state index contributed by atoms with van der Waals surface area (Å²) in [5.74, 6) is 0.848. The zero-order chi connectivity index (χ0) is 22.6. The Balaban J connectivity index is 1.66. The zero-order valence-electron chi connectivity index (χ0n) is 18.7. The molecule has 0 bridgehead atoms. The third kappa shape index (κ3) is 4.48. The molecule has 0 unspecified atom stereocenters. The fourth-order valence-corrected chi connectivity index (χ4v) is 5.09. The fraction of sp³-hybridized carbons (Fsp3) is 0.103. The van der Waals surface area contributed by atoms with Crippen LogP contribution in [0.25, 0.3) is 17.1 Å². The lowest BCUT2D eigenvalue weighted by Gasteiger charge is -2.19. The van der Waals surface area contributed by atoms with E-state index in [0.717, 1.165) is 22.2 Å². The number of nitrogens with zero attached hydrogens (tertiary/aromatic N) is 3. The van der Waals surface area contributed by atoms with Gasteiger partial charge in [0.05, 0.1) is 10.9 Å². The third-order valence-corrected chi connectivity index (χ3v) is 7.10. The van der Waals surface area contributed by atoms with Crippen molar-refractivity contribution in [3.05, 3.63) is 131 Å². The minimum Gasteiger partial charge on any atom is -0.270 e. The van der Waals surface area contributed by atoms with Crippen LogP contribution in [0.1, 0.15) is 27.5 Å². The summed E-state index contributed by atoms with van der Waals surface area (Å²) in [6.07, 6.45) is 0. The molecule has 0 atom stereocenters. The number of thioether (sulfide) groups is 1. The van der Waals surface area contributed by atoms with Crippen LogP contribution in [0.15, 0.2) is 114 Å². The van der Waals surface area contributed by atoms with Gasteiger partial charge >= 0.3 is 0 Å². The Kier molecular flexibility index (Phi) is 6.09. The molecule has 5 rings (SSSR count). The summed E-state index contributed by atoms with van der Waals surface area (Å²) in [5.41, 5.74) is 7.12. The molecule has 162 valence electrons. The van der Waals surface area contributed by atoms with E-state index in [4.69, 9.17) is 0 Å². The Morgan fingerprint density at radius 1 is 0.636 bits per heavy atom. The van der Waals surface area contributed by atoms with Crippen LogP contribution in [0.3, 0.4) is 0 Å². The molecule has 0 aliphatic rings. The zero-order valence-corrected chi connectivity index (χ0v) is 19.5. The average molecular weight is 448 g/mol. The molecule has 33 heavy (non-hydrogen) atoms. The van der Waals surface area contributed by atoms with Crippen molar-refractivity contribution in [2.24, 2.45) is 0 Å². The summed E-state index contributed by atoms with van der Waals surface area (Å²) in [4.78, 5) is 0. The van der Waals surface area contributed by atoms with Crippen LogP contribution in [0, 0.1) is 13.8 Å². The Hall–Kier alpha value is -3.63. The van der Waals surface area contributed by atoms with Crippen LogP contribution >= 0.6 is 11.8 Å². The molecule has 0 aliphatic heterocycles. The van der Waals surface area contributed by atoms with Gasteiger partial charge in [0.2, 0.25) is 0 Å². The van der Waals surface area contributed by atoms with E-state index in [0.29, 0.717) is 0 Å². The lowest BCUT2D eigenvalue weighted by Crippen LogP contribution is -2.03. The van der Waals surface area contributed by atoms with Crippen LogP contribution in [-0.4, -0.2) is 14.8 Å². The van der Waals surface area contributed by atoms with Gasteiger partial charge in [-0.15, -0.1) is 10.2 Å². The Morgan fingerprint density at radius 3 is 1.79 bits per heavy atom. The predicted octanol–water partition coefficient (Wildman–Crippen LogP) is 7.43. The van der Waals surface area contributed by atoms with Crippen molar-refractivity contribution in [3.63, 3.8) is 0 Å². The van der Waals surface area contributed by atoms with Crippen LogP contribution < -0.4 is 0 Å². The molecule has 1 aromatic heterocycles. The Labute approximate surface area is 199 Å². The second-order valence-electron chi connectivity index (χ2n) is 8.10. The monoisotopic (exact) mass is 447 g/mol. The molecule has 0 saturated heterocycles. The minimum absolute atomic E-state index is 0.102. The normalized spacial score (nSPS) is 11.1. The van der Waals surface area contributed by atoms with Crippen molar-refractivity contribution < 1.29 is 0 Å². The van der Waals surface area contributed by atoms with Crippen molar-refractivity contribution >= 4 is 11.8 Å². The van der Waals surface area contributed by atoms with Gasteiger partial charge in [-0.1, -0.05) is 109 Å². The van der Waals surface area contributed by atoms with E-state index in [1.165, 1.54) is 22.3 Å². The quantitative estimate of drug-likeness (QED) is 0.254. The molecule has 4 aromatic carbocycles. The summed E-state index contributed by atoms with van der Waals surface area (Å²) in [7, 11) is 0. The topological polar surface area (TPSA) is 30.7 Å². The number of hydrogen-bond acceptors (Lipinski definition) is 3. The van der Waals surface area contributed by atoms with Crippen molar-refractivity contribution in [1.82, 2.24) is 14.8 Å². The van der Waals surface area contributed by atoms with Gasteiger partial charge in [-0.05, 0) is 48.2 Å². The average Bonchev–Trinajstić information content (AvgIpc) is 3.29. The van der Waals surface area contributed by atoms with E-state index in [9.17, 15) is 0 Å². The van der Waals surface area contributed by atoms with Gasteiger partial charge in [0.15, 0.2) is 11.0 Å². The smallest absolute Gasteiger partial charge is 0.197 e. The highest BCUT2D eigenvalue weighted by Gasteiger charge is 2.22. The Morgan fingerprint density at radius 2 is 1.21 bits per heavy atom. The lowest BCUT2D eigenvalue weighted by molar-refractivity contribution is 0.879. The molecule has 0 N–H and O–H groups in total. The number of aryl methyl sites for hydroxylation is 2. The molecule has 0 fully saturated rings. The molecule has 0 saturated carbocycles. The largest absolute Gasteiger partial charge is 0.270 e. The van der Waals surface area contributed by atoms with E-state index in [1.54, 1.807) is 11.8 Å². The second-order valence-corrected chi connectivity index (χ2v) is 9.17. The molecular weight excluding hydrogens is 422 g/mol. The van der Waals surface area contributed by atoms with E-state index in [-0.39, 0.29) is 5.25 Å².